The standard InChI is InChI=1S/C33H31NO4/c1-2-29(26-17-9-4-10-18-26)30-31(35)38-33(27-19-11-5-12-20-27,28-21-13-6-14-22-28)24-34(30)32(36)37-23-25-15-7-3-8-16-25/h3-22,29-30H,2,23-24H2,1H3. The van der Waals surface area contributed by atoms with Gasteiger partial charge >= 0.3 is 12.1 Å². The maximum Gasteiger partial charge on any atom is 0.411 e. The van der Waals surface area contributed by atoms with Crippen molar-refractivity contribution in [2.24, 2.45) is 0 Å². The number of cyclic esters (lactones) is 1. The van der Waals surface area contributed by atoms with Gasteiger partial charge in [-0.25, -0.2) is 9.59 Å². The molecule has 192 valence electrons. The van der Waals surface area contributed by atoms with Crippen LogP contribution in [0, 0.1) is 0 Å². The molecule has 0 radical (unpaired) electrons. The number of amides is 1. The molecule has 1 heterocycles. The van der Waals surface area contributed by atoms with Crippen LogP contribution in [0.4, 0.5) is 4.79 Å². The first kappa shape index (κ1) is 25.3. The Labute approximate surface area is 223 Å². The van der Waals surface area contributed by atoms with Crippen molar-refractivity contribution in [2.45, 2.75) is 37.5 Å². The number of carbonyl (C=O) groups excluding carboxylic acids is 2. The number of hydrogen-bond donors (Lipinski definition) is 0. The topological polar surface area (TPSA) is 55.8 Å². The van der Waals surface area contributed by atoms with Gasteiger partial charge in [0.1, 0.15) is 12.6 Å². The van der Waals surface area contributed by atoms with E-state index in [0.29, 0.717) is 6.42 Å². The van der Waals surface area contributed by atoms with E-state index < -0.39 is 23.7 Å². The van der Waals surface area contributed by atoms with Crippen molar-refractivity contribution < 1.29 is 19.1 Å². The minimum atomic E-state index is -1.17. The zero-order valence-electron chi connectivity index (χ0n) is 21.4. The molecule has 38 heavy (non-hydrogen) atoms. The van der Waals surface area contributed by atoms with Gasteiger partial charge in [0, 0.05) is 17.0 Å². The summed E-state index contributed by atoms with van der Waals surface area (Å²) in [4.78, 5) is 29.5. The predicted octanol–water partition coefficient (Wildman–Crippen LogP) is 6.69. The Balaban J connectivity index is 1.58. The van der Waals surface area contributed by atoms with Gasteiger partial charge in [-0.3, -0.25) is 4.90 Å². The highest BCUT2D eigenvalue weighted by Crippen LogP contribution is 2.42. The predicted molar refractivity (Wildman–Crippen MR) is 146 cm³/mol. The molecule has 0 aliphatic carbocycles. The fraction of sp³-hybridized carbons (Fsp3) is 0.212. The summed E-state index contributed by atoms with van der Waals surface area (Å²) in [6.45, 7) is 2.27. The summed E-state index contributed by atoms with van der Waals surface area (Å²) in [7, 11) is 0. The van der Waals surface area contributed by atoms with Crippen molar-refractivity contribution in [1.82, 2.24) is 4.90 Å². The van der Waals surface area contributed by atoms with Crippen LogP contribution in [0.2, 0.25) is 0 Å². The van der Waals surface area contributed by atoms with Crippen LogP contribution in [-0.2, 0) is 26.5 Å². The Kier molecular flexibility index (Phi) is 7.55. The first-order valence-corrected chi connectivity index (χ1v) is 13.0. The van der Waals surface area contributed by atoms with Crippen molar-refractivity contribution in [3.05, 3.63) is 144 Å². The summed E-state index contributed by atoms with van der Waals surface area (Å²) < 4.78 is 12.2. The van der Waals surface area contributed by atoms with Crippen LogP contribution in [0.5, 0.6) is 0 Å². The fourth-order valence-corrected chi connectivity index (χ4v) is 5.31. The van der Waals surface area contributed by atoms with Gasteiger partial charge < -0.3 is 9.47 Å². The summed E-state index contributed by atoms with van der Waals surface area (Å²) in [5.41, 5.74) is 2.28. The van der Waals surface area contributed by atoms with Gasteiger partial charge in [0.2, 0.25) is 0 Å². The average molecular weight is 506 g/mol. The number of rotatable bonds is 7. The number of carbonyl (C=O) groups is 2. The SMILES string of the molecule is CCC(c1ccccc1)C1C(=O)OC(c2ccccc2)(c2ccccc2)CN1C(=O)OCc1ccccc1. The Morgan fingerprint density at radius 1 is 0.842 bits per heavy atom. The zero-order valence-corrected chi connectivity index (χ0v) is 21.4. The van der Waals surface area contributed by atoms with Gasteiger partial charge in [-0.05, 0) is 17.5 Å². The summed E-state index contributed by atoms with van der Waals surface area (Å²) >= 11 is 0. The molecule has 1 amide bonds. The number of nitrogens with zero attached hydrogens (tertiary/aromatic N) is 1. The molecule has 0 saturated carbocycles. The molecule has 5 nitrogen and oxygen atoms in total. The molecular formula is C33H31NO4. The molecule has 1 fully saturated rings. The van der Waals surface area contributed by atoms with E-state index in [1.165, 1.54) is 0 Å². The smallest absolute Gasteiger partial charge is 0.411 e. The van der Waals surface area contributed by atoms with Gasteiger partial charge in [0.05, 0.1) is 6.54 Å². The number of hydrogen-bond acceptors (Lipinski definition) is 4. The summed E-state index contributed by atoms with van der Waals surface area (Å²) in [5.74, 6) is -0.700. The van der Waals surface area contributed by atoms with E-state index in [0.717, 1.165) is 22.3 Å². The number of ether oxygens (including phenoxy) is 2. The van der Waals surface area contributed by atoms with E-state index in [-0.39, 0.29) is 19.1 Å². The molecule has 2 unspecified atom stereocenters. The second kappa shape index (κ2) is 11.3. The highest BCUT2D eigenvalue weighted by atomic mass is 16.6. The minimum Gasteiger partial charge on any atom is -0.446 e. The lowest BCUT2D eigenvalue weighted by molar-refractivity contribution is -0.178. The average Bonchev–Trinajstić information content (AvgIpc) is 2.99. The summed E-state index contributed by atoms with van der Waals surface area (Å²) in [6.07, 6.45) is 0.108. The Hall–Kier alpha value is -4.38. The van der Waals surface area contributed by atoms with E-state index >= 15 is 0 Å². The van der Waals surface area contributed by atoms with E-state index in [9.17, 15) is 9.59 Å². The van der Waals surface area contributed by atoms with E-state index in [1.54, 1.807) is 4.90 Å². The molecule has 4 aromatic carbocycles. The molecule has 1 aliphatic heterocycles. The fourth-order valence-electron chi connectivity index (χ4n) is 5.31. The third-order valence-corrected chi connectivity index (χ3v) is 7.21. The Bertz CT molecular complexity index is 1300. The molecule has 5 rings (SSSR count). The first-order valence-electron chi connectivity index (χ1n) is 13.0. The van der Waals surface area contributed by atoms with Gasteiger partial charge in [0.25, 0.3) is 0 Å². The normalized spacial score (nSPS) is 17.3. The molecule has 1 saturated heterocycles. The van der Waals surface area contributed by atoms with Gasteiger partial charge in [-0.2, -0.15) is 0 Å². The highest BCUT2D eigenvalue weighted by Gasteiger charge is 2.52. The molecule has 1 aliphatic rings. The molecule has 0 spiro atoms. The van der Waals surface area contributed by atoms with Crippen molar-refractivity contribution >= 4 is 12.1 Å². The van der Waals surface area contributed by atoms with Crippen molar-refractivity contribution in [3.8, 4) is 0 Å². The van der Waals surface area contributed by atoms with Crippen LogP contribution >= 0.6 is 0 Å². The highest BCUT2D eigenvalue weighted by molar-refractivity contribution is 5.85. The van der Waals surface area contributed by atoms with Crippen LogP contribution in [0.25, 0.3) is 0 Å². The quantitative estimate of drug-likeness (QED) is 0.263. The molecule has 0 bridgehead atoms. The molecular weight excluding hydrogens is 474 g/mol. The van der Waals surface area contributed by atoms with Gasteiger partial charge in [0.15, 0.2) is 5.60 Å². The van der Waals surface area contributed by atoms with E-state index in [4.69, 9.17) is 9.47 Å². The van der Waals surface area contributed by atoms with Crippen LogP contribution < -0.4 is 0 Å². The Morgan fingerprint density at radius 2 is 1.34 bits per heavy atom. The molecule has 2 atom stereocenters. The first-order chi connectivity index (χ1) is 18.6. The minimum absolute atomic E-state index is 0.115. The van der Waals surface area contributed by atoms with E-state index in [2.05, 4.69) is 0 Å². The lowest BCUT2D eigenvalue weighted by atomic mass is 9.81. The zero-order chi connectivity index (χ0) is 26.4. The molecule has 0 N–H and O–H groups in total. The monoisotopic (exact) mass is 505 g/mol. The molecule has 5 heteroatoms. The molecule has 4 aromatic rings. The van der Waals surface area contributed by atoms with Crippen LogP contribution in [-0.4, -0.2) is 29.5 Å². The summed E-state index contributed by atoms with van der Waals surface area (Å²) in [6, 6.07) is 37.8. The third-order valence-electron chi connectivity index (χ3n) is 7.21. The molecule has 0 aromatic heterocycles. The number of esters is 1. The third kappa shape index (κ3) is 5.05. The maximum absolute atomic E-state index is 14.0. The second-order valence-electron chi connectivity index (χ2n) is 9.52. The lowest BCUT2D eigenvalue weighted by Gasteiger charge is -2.47. The largest absolute Gasteiger partial charge is 0.446 e. The van der Waals surface area contributed by atoms with Crippen molar-refractivity contribution in [2.75, 3.05) is 6.54 Å². The summed E-state index contributed by atoms with van der Waals surface area (Å²) in [5, 5.41) is 0. The van der Waals surface area contributed by atoms with Crippen LogP contribution in [0.1, 0.15) is 41.5 Å². The van der Waals surface area contributed by atoms with Gasteiger partial charge in [-0.1, -0.05) is 128 Å². The maximum atomic E-state index is 14.0. The second-order valence-corrected chi connectivity index (χ2v) is 9.52. The Morgan fingerprint density at radius 3 is 1.87 bits per heavy atom. The number of morpholine rings is 1. The number of benzene rings is 4. The lowest BCUT2D eigenvalue weighted by Crippen LogP contribution is -2.61. The van der Waals surface area contributed by atoms with E-state index in [1.807, 2.05) is 128 Å². The van der Waals surface area contributed by atoms with Crippen LogP contribution in [0.15, 0.2) is 121 Å². The van der Waals surface area contributed by atoms with Gasteiger partial charge in [-0.15, -0.1) is 0 Å². The van der Waals surface area contributed by atoms with Crippen LogP contribution in [0.3, 0.4) is 0 Å². The van der Waals surface area contributed by atoms with Crippen molar-refractivity contribution in [3.63, 3.8) is 0 Å². The van der Waals surface area contributed by atoms with Crippen molar-refractivity contribution in [1.29, 1.82) is 0 Å².